The van der Waals surface area contributed by atoms with E-state index in [9.17, 15) is 18.4 Å². The van der Waals surface area contributed by atoms with Crippen LogP contribution >= 0.6 is 0 Å². The second-order valence-corrected chi connectivity index (χ2v) is 5.49. The average molecular weight is 294 g/mol. The van der Waals surface area contributed by atoms with E-state index in [4.69, 9.17) is 0 Å². The highest BCUT2D eigenvalue weighted by atomic mass is 19.1. The fourth-order valence-electron chi connectivity index (χ4n) is 3.04. The lowest BCUT2D eigenvalue weighted by Crippen LogP contribution is -2.43. The molecule has 1 aromatic carbocycles. The van der Waals surface area contributed by atoms with Gasteiger partial charge in [-0.3, -0.25) is 9.59 Å². The summed E-state index contributed by atoms with van der Waals surface area (Å²) < 4.78 is 26.9. The number of carbonyl (C=O) groups excluding carboxylic acids is 2. The predicted molar refractivity (Wildman–Crippen MR) is 71.1 cm³/mol. The lowest BCUT2D eigenvalue weighted by Gasteiger charge is -2.25. The molecule has 2 heterocycles. The number of amides is 2. The van der Waals surface area contributed by atoms with Gasteiger partial charge in [0.25, 0.3) is 0 Å². The first-order valence-electron chi connectivity index (χ1n) is 7.08. The van der Waals surface area contributed by atoms with Crippen molar-refractivity contribution in [1.29, 1.82) is 0 Å². The lowest BCUT2D eigenvalue weighted by molar-refractivity contribution is -0.139. The van der Waals surface area contributed by atoms with Gasteiger partial charge in [0.1, 0.15) is 17.7 Å². The van der Waals surface area contributed by atoms with E-state index in [1.165, 1.54) is 4.90 Å². The molecule has 6 heteroatoms. The molecule has 2 saturated heterocycles. The molecule has 2 aliphatic heterocycles. The summed E-state index contributed by atoms with van der Waals surface area (Å²) in [4.78, 5) is 27.5. The Morgan fingerprint density at radius 3 is 2.81 bits per heavy atom. The zero-order valence-electron chi connectivity index (χ0n) is 11.5. The molecule has 1 atom stereocenters. The number of halogens is 2. The summed E-state index contributed by atoms with van der Waals surface area (Å²) in [5.74, 6) is -1.27. The van der Waals surface area contributed by atoms with Crippen LogP contribution in [-0.4, -0.2) is 40.7 Å². The molecule has 0 bridgehead atoms. The molecule has 2 fully saturated rings. The largest absolute Gasteiger partial charge is 0.336 e. The molecule has 112 valence electrons. The Morgan fingerprint density at radius 2 is 2.00 bits per heavy atom. The Kier molecular flexibility index (Phi) is 3.61. The minimum Gasteiger partial charge on any atom is -0.336 e. The summed E-state index contributed by atoms with van der Waals surface area (Å²) in [6.07, 6.45) is 1.69. The fraction of sp³-hybridized carbons (Fsp3) is 0.467. The lowest BCUT2D eigenvalue weighted by atomic mass is 10.1. The number of hydrogen-bond donors (Lipinski definition) is 0. The molecular weight excluding hydrogens is 278 g/mol. The number of rotatable bonds is 2. The van der Waals surface area contributed by atoms with Gasteiger partial charge in [0, 0.05) is 31.6 Å². The number of nitrogens with zero attached hydrogens (tertiary/aromatic N) is 2. The zero-order chi connectivity index (χ0) is 15.0. The van der Waals surface area contributed by atoms with Gasteiger partial charge in [-0.25, -0.2) is 8.78 Å². The van der Waals surface area contributed by atoms with Gasteiger partial charge in [0.2, 0.25) is 11.8 Å². The Morgan fingerprint density at radius 1 is 1.19 bits per heavy atom. The van der Waals surface area contributed by atoms with E-state index in [-0.39, 0.29) is 36.9 Å². The molecule has 0 radical (unpaired) electrons. The molecule has 0 N–H and O–H groups in total. The average Bonchev–Trinajstić information content (AvgIpc) is 2.91. The summed E-state index contributed by atoms with van der Waals surface area (Å²) in [5, 5.41) is 0. The fourth-order valence-corrected chi connectivity index (χ4v) is 3.04. The van der Waals surface area contributed by atoms with Gasteiger partial charge in [0.05, 0.1) is 0 Å². The summed E-state index contributed by atoms with van der Waals surface area (Å²) in [6.45, 7) is 0.859. The summed E-state index contributed by atoms with van der Waals surface area (Å²) in [7, 11) is 0. The van der Waals surface area contributed by atoms with Crippen molar-refractivity contribution in [3.63, 3.8) is 0 Å². The van der Waals surface area contributed by atoms with Gasteiger partial charge >= 0.3 is 0 Å². The highest BCUT2D eigenvalue weighted by Crippen LogP contribution is 2.24. The Labute approximate surface area is 121 Å². The van der Waals surface area contributed by atoms with Crippen molar-refractivity contribution in [3.05, 3.63) is 35.4 Å². The third-order valence-electron chi connectivity index (χ3n) is 4.13. The van der Waals surface area contributed by atoms with Crippen LogP contribution < -0.4 is 0 Å². The van der Waals surface area contributed by atoms with Gasteiger partial charge in [-0.15, -0.1) is 0 Å². The van der Waals surface area contributed by atoms with Crippen molar-refractivity contribution in [2.45, 2.75) is 31.8 Å². The first-order valence-corrected chi connectivity index (χ1v) is 7.08. The van der Waals surface area contributed by atoms with Crippen molar-refractivity contribution in [2.75, 3.05) is 13.1 Å². The van der Waals surface area contributed by atoms with Crippen LogP contribution in [-0.2, 0) is 16.1 Å². The van der Waals surface area contributed by atoms with E-state index in [2.05, 4.69) is 0 Å². The monoisotopic (exact) mass is 294 g/mol. The number of carbonyl (C=O) groups is 2. The second-order valence-electron chi connectivity index (χ2n) is 5.49. The van der Waals surface area contributed by atoms with Crippen LogP contribution in [0.2, 0.25) is 0 Å². The van der Waals surface area contributed by atoms with Crippen LogP contribution in [0.5, 0.6) is 0 Å². The summed E-state index contributed by atoms with van der Waals surface area (Å²) >= 11 is 0. The number of fused-ring (bicyclic) bond motifs is 1. The van der Waals surface area contributed by atoms with E-state index in [1.54, 1.807) is 4.90 Å². The molecule has 3 rings (SSSR count). The molecule has 2 amide bonds. The van der Waals surface area contributed by atoms with Crippen LogP contribution in [0, 0.1) is 11.6 Å². The highest BCUT2D eigenvalue weighted by molar-refractivity contribution is 5.90. The first-order chi connectivity index (χ1) is 10.1. The van der Waals surface area contributed by atoms with Crippen LogP contribution in [0.15, 0.2) is 18.2 Å². The Balaban J connectivity index is 1.83. The quantitative estimate of drug-likeness (QED) is 0.833. The van der Waals surface area contributed by atoms with Crippen molar-refractivity contribution < 1.29 is 18.4 Å². The highest BCUT2D eigenvalue weighted by Gasteiger charge is 2.39. The minimum absolute atomic E-state index is 0.0000463. The van der Waals surface area contributed by atoms with E-state index in [0.29, 0.717) is 13.0 Å². The SMILES string of the molecule is O=C1C2CCCN2C(=O)CCN1Cc1cc(F)ccc1F. The van der Waals surface area contributed by atoms with Gasteiger partial charge in [-0.1, -0.05) is 0 Å². The topological polar surface area (TPSA) is 40.6 Å². The normalized spacial score (nSPS) is 22.5. The van der Waals surface area contributed by atoms with E-state index in [0.717, 1.165) is 24.6 Å². The maximum atomic E-state index is 13.7. The maximum Gasteiger partial charge on any atom is 0.245 e. The van der Waals surface area contributed by atoms with Crippen molar-refractivity contribution in [2.24, 2.45) is 0 Å². The van der Waals surface area contributed by atoms with Crippen molar-refractivity contribution >= 4 is 11.8 Å². The summed E-state index contributed by atoms with van der Waals surface area (Å²) in [5.41, 5.74) is 0.141. The smallest absolute Gasteiger partial charge is 0.245 e. The van der Waals surface area contributed by atoms with Crippen molar-refractivity contribution in [1.82, 2.24) is 9.80 Å². The Hall–Kier alpha value is -1.98. The van der Waals surface area contributed by atoms with Gasteiger partial charge < -0.3 is 9.80 Å². The van der Waals surface area contributed by atoms with Crippen molar-refractivity contribution in [3.8, 4) is 0 Å². The van der Waals surface area contributed by atoms with Gasteiger partial charge in [0.15, 0.2) is 0 Å². The third-order valence-corrected chi connectivity index (χ3v) is 4.13. The van der Waals surface area contributed by atoms with Gasteiger partial charge in [-0.2, -0.15) is 0 Å². The zero-order valence-corrected chi connectivity index (χ0v) is 11.5. The molecule has 1 unspecified atom stereocenters. The molecule has 4 nitrogen and oxygen atoms in total. The van der Waals surface area contributed by atoms with E-state index >= 15 is 0 Å². The molecule has 0 saturated carbocycles. The second kappa shape index (κ2) is 5.42. The standard InChI is InChI=1S/C15H16F2N2O2/c16-11-3-4-12(17)10(8-11)9-18-7-5-14(20)19-6-1-2-13(19)15(18)21/h3-4,8,13H,1-2,5-7,9H2. The molecule has 0 spiro atoms. The number of hydrogen-bond acceptors (Lipinski definition) is 2. The first kappa shape index (κ1) is 14.0. The molecule has 0 aromatic heterocycles. The minimum atomic E-state index is -0.539. The molecule has 2 aliphatic rings. The van der Waals surface area contributed by atoms with Crippen LogP contribution in [0.1, 0.15) is 24.8 Å². The number of benzene rings is 1. The van der Waals surface area contributed by atoms with E-state index < -0.39 is 17.7 Å². The molecule has 0 aliphatic carbocycles. The van der Waals surface area contributed by atoms with E-state index in [1.807, 2.05) is 0 Å². The Bertz CT molecular complexity index is 591. The molecule has 1 aromatic rings. The van der Waals surface area contributed by atoms with Crippen LogP contribution in [0.4, 0.5) is 8.78 Å². The van der Waals surface area contributed by atoms with Gasteiger partial charge in [-0.05, 0) is 31.0 Å². The molecular formula is C15H16F2N2O2. The predicted octanol–water partition coefficient (Wildman–Crippen LogP) is 1.69. The van der Waals surface area contributed by atoms with Crippen LogP contribution in [0.25, 0.3) is 0 Å². The summed E-state index contributed by atoms with van der Waals surface area (Å²) in [6, 6.07) is 2.77. The maximum absolute atomic E-state index is 13.7. The molecule has 21 heavy (non-hydrogen) atoms. The third kappa shape index (κ3) is 2.62. The van der Waals surface area contributed by atoms with Crippen LogP contribution in [0.3, 0.4) is 0 Å².